The van der Waals surface area contributed by atoms with E-state index in [0.717, 1.165) is 0 Å². The first-order valence-corrected chi connectivity index (χ1v) is 4.64. The third-order valence-electron chi connectivity index (χ3n) is 0.842. The Morgan fingerprint density at radius 1 is 1.50 bits per heavy atom. The number of cyclic esters (lactones) is 1. The quantitative estimate of drug-likeness (QED) is 0.638. The summed E-state index contributed by atoms with van der Waals surface area (Å²) in [6, 6.07) is 0. The summed E-state index contributed by atoms with van der Waals surface area (Å²) >= 11 is 9.24. The maximum Gasteiger partial charge on any atom is 0.350 e. The van der Waals surface area contributed by atoms with Crippen LogP contribution in [0.25, 0.3) is 0 Å². The van der Waals surface area contributed by atoms with Gasteiger partial charge in [0.2, 0.25) is 0 Å². The molecule has 2 nitrogen and oxygen atoms in total. The summed E-state index contributed by atoms with van der Waals surface area (Å²) in [5.74, 6) is 0.114. The van der Waals surface area contributed by atoms with Crippen LogP contribution in [0.1, 0.15) is 0 Å². The molecule has 0 saturated heterocycles. The molecule has 10 heavy (non-hydrogen) atoms. The molecule has 0 aliphatic carbocycles. The molecule has 0 spiro atoms. The van der Waals surface area contributed by atoms with Crippen molar-refractivity contribution in [2.24, 2.45) is 0 Å². The van der Waals surface area contributed by atoms with E-state index in [1.807, 2.05) is 0 Å². The Kier molecular flexibility index (Phi) is 2.71. The molecule has 0 N–H and O–H groups in total. The van der Waals surface area contributed by atoms with Crippen LogP contribution in [0.4, 0.5) is 0 Å². The first-order chi connectivity index (χ1) is 4.61. The van der Waals surface area contributed by atoms with Crippen molar-refractivity contribution in [3.05, 3.63) is 19.7 Å². The minimum absolute atomic E-state index is 0.369. The zero-order valence-corrected chi connectivity index (χ0v) is 9.29. The van der Waals surface area contributed by atoms with Gasteiger partial charge in [0.25, 0.3) is 0 Å². The summed E-state index contributed by atoms with van der Waals surface area (Å²) in [7, 11) is 0. The minimum atomic E-state index is -0.369. The smallest absolute Gasteiger partial charge is 0.350 e. The fourth-order valence-electron chi connectivity index (χ4n) is 0.445. The molecule has 0 aromatic rings. The molecule has 1 aliphatic heterocycles. The van der Waals surface area contributed by atoms with Crippen molar-refractivity contribution in [1.29, 1.82) is 0 Å². The minimum Gasteiger partial charge on any atom is -0.421 e. The second-order valence-corrected chi connectivity index (χ2v) is 5.01. The molecule has 0 aromatic heterocycles. The van der Waals surface area contributed by atoms with E-state index < -0.39 is 0 Å². The Bertz CT molecular complexity index is 237. The first kappa shape index (κ1) is 8.49. The molecule has 0 fully saturated rings. The van der Waals surface area contributed by atoms with E-state index in [1.54, 1.807) is 6.08 Å². The summed E-state index contributed by atoms with van der Waals surface area (Å²) in [5, 5.41) is 0. The van der Waals surface area contributed by atoms with Crippen LogP contribution in [0.3, 0.4) is 0 Å². The number of carbonyl (C=O) groups excluding carboxylic acids is 1. The van der Waals surface area contributed by atoms with Crippen molar-refractivity contribution in [3.63, 3.8) is 0 Å². The molecule has 0 amide bonds. The lowest BCUT2D eigenvalue weighted by Gasteiger charge is -1.92. The molecule has 0 aromatic carbocycles. The average Bonchev–Trinajstić information content (AvgIpc) is 2.13. The highest BCUT2D eigenvalue weighted by atomic mass is 79.9. The summed E-state index contributed by atoms with van der Waals surface area (Å²) in [4.78, 5) is 10.7. The van der Waals surface area contributed by atoms with E-state index in [2.05, 4.69) is 47.8 Å². The van der Waals surface area contributed by atoms with Crippen molar-refractivity contribution in [2.45, 2.75) is 0 Å². The van der Waals surface area contributed by atoms with Crippen molar-refractivity contribution < 1.29 is 9.53 Å². The number of ether oxygens (including phenoxy) is 1. The zero-order valence-electron chi connectivity index (χ0n) is 4.53. The molecule has 0 atom stereocenters. The van der Waals surface area contributed by atoms with Gasteiger partial charge in [-0.2, -0.15) is 0 Å². The molecule has 0 bridgehead atoms. The van der Waals surface area contributed by atoms with Crippen molar-refractivity contribution in [2.75, 3.05) is 0 Å². The molecular weight excluding hydrogens is 332 g/mol. The topological polar surface area (TPSA) is 26.3 Å². The summed E-state index contributed by atoms with van der Waals surface area (Å²) in [6.45, 7) is 0. The van der Waals surface area contributed by atoms with E-state index in [1.165, 1.54) is 0 Å². The fourth-order valence-corrected chi connectivity index (χ4v) is 1.12. The number of carbonyl (C=O) groups is 1. The van der Waals surface area contributed by atoms with Gasteiger partial charge in [0.1, 0.15) is 7.87 Å². The average molecular weight is 333 g/mol. The van der Waals surface area contributed by atoms with E-state index in [0.29, 0.717) is 13.6 Å². The lowest BCUT2D eigenvalue weighted by atomic mass is 10.5. The van der Waals surface area contributed by atoms with Crippen LogP contribution in [-0.2, 0) is 9.53 Å². The number of halogens is 3. The summed E-state index contributed by atoms with van der Waals surface area (Å²) in [6.07, 6.45) is 1.58. The molecule has 5 heteroatoms. The lowest BCUT2D eigenvalue weighted by Crippen LogP contribution is -1.93. The van der Waals surface area contributed by atoms with E-state index in [4.69, 9.17) is 4.74 Å². The third kappa shape index (κ3) is 1.71. The predicted molar refractivity (Wildman–Crippen MR) is 48.0 cm³/mol. The number of esters is 1. The molecule has 0 saturated carbocycles. The maximum atomic E-state index is 10.7. The summed E-state index contributed by atoms with van der Waals surface area (Å²) in [5.41, 5.74) is 0. The second-order valence-electron chi connectivity index (χ2n) is 1.51. The highest BCUT2D eigenvalue weighted by Crippen LogP contribution is 2.29. The largest absolute Gasteiger partial charge is 0.421 e. The molecule has 1 aliphatic rings. The predicted octanol–water partition coefficient (Wildman–Crippen LogP) is 2.78. The van der Waals surface area contributed by atoms with Crippen LogP contribution < -0.4 is 0 Å². The first-order valence-electron chi connectivity index (χ1n) is 2.26. The summed E-state index contributed by atoms with van der Waals surface area (Å²) < 4.78 is 5.80. The van der Waals surface area contributed by atoms with Gasteiger partial charge in [0.05, 0.1) is 0 Å². The Labute approximate surface area is 82.7 Å². The normalized spacial score (nSPS) is 16.9. The Morgan fingerprint density at radius 2 is 2.10 bits per heavy atom. The van der Waals surface area contributed by atoms with Crippen LogP contribution in [0, 0.1) is 0 Å². The van der Waals surface area contributed by atoms with Gasteiger partial charge in [-0.1, -0.05) is 0 Å². The number of hydrogen-bond donors (Lipinski definition) is 0. The lowest BCUT2D eigenvalue weighted by molar-refractivity contribution is -0.132. The number of allylic oxidation sites excluding steroid dienone is 1. The second kappa shape index (κ2) is 3.19. The SMILES string of the molecule is O=C1OC(=C(Br)Br)C=C1Br. The molecule has 1 rings (SSSR count). The van der Waals surface area contributed by atoms with E-state index in [-0.39, 0.29) is 5.97 Å². The van der Waals surface area contributed by atoms with Gasteiger partial charge in [-0.15, -0.1) is 0 Å². The van der Waals surface area contributed by atoms with Gasteiger partial charge in [0, 0.05) is 6.08 Å². The molecule has 0 unspecified atom stereocenters. The Hall–Kier alpha value is 0.390. The zero-order chi connectivity index (χ0) is 7.72. The van der Waals surface area contributed by atoms with Crippen molar-refractivity contribution >= 4 is 53.8 Å². The third-order valence-corrected chi connectivity index (χ3v) is 2.18. The molecule has 1 heterocycles. The number of hydrogen-bond acceptors (Lipinski definition) is 2. The van der Waals surface area contributed by atoms with Gasteiger partial charge in [0.15, 0.2) is 5.76 Å². The van der Waals surface area contributed by atoms with Gasteiger partial charge < -0.3 is 4.74 Å². The fraction of sp³-hybridized carbons (Fsp3) is 0. The van der Waals surface area contributed by atoms with Gasteiger partial charge in [-0.3, -0.25) is 0 Å². The molecular formula is C5HBr3O2. The van der Waals surface area contributed by atoms with Crippen LogP contribution >= 0.6 is 47.8 Å². The van der Waals surface area contributed by atoms with E-state index in [9.17, 15) is 4.79 Å². The van der Waals surface area contributed by atoms with E-state index >= 15 is 0 Å². The standard InChI is InChI=1S/C5HBr3O2/c6-2-1-3(4(7)8)10-5(2)9/h1H. The van der Waals surface area contributed by atoms with Crippen molar-refractivity contribution in [3.8, 4) is 0 Å². The number of rotatable bonds is 0. The maximum absolute atomic E-state index is 10.7. The monoisotopic (exact) mass is 330 g/mol. The van der Waals surface area contributed by atoms with Gasteiger partial charge in [-0.25, -0.2) is 4.79 Å². The highest BCUT2D eigenvalue weighted by Gasteiger charge is 2.19. The van der Waals surface area contributed by atoms with Gasteiger partial charge >= 0.3 is 5.97 Å². The Morgan fingerprint density at radius 3 is 2.30 bits per heavy atom. The van der Waals surface area contributed by atoms with Crippen LogP contribution in [0.2, 0.25) is 0 Å². The Balaban J connectivity index is 2.95. The molecule has 0 radical (unpaired) electrons. The molecule has 54 valence electrons. The van der Waals surface area contributed by atoms with Gasteiger partial charge in [-0.05, 0) is 47.8 Å². The van der Waals surface area contributed by atoms with Crippen LogP contribution in [0.15, 0.2) is 19.7 Å². The van der Waals surface area contributed by atoms with Crippen LogP contribution in [0.5, 0.6) is 0 Å². The van der Waals surface area contributed by atoms with Crippen molar-refractivity contribution in [1.82, 2.24) is 0 Å². The highest BCUT2D eigenvalue weighted by molar-refractivity contribution is 9.28. The van der Waals surface area contributed by atoms with Crippen LogP contribution in [-0.4, -0.2) is 5.97 Å².